The molecule has 20 heavy (non-hydrogen) atoms. The number of nitrogens with zero attached hydrogens (tertiary/aromatic N) is 1. The highest BCUT2D eigenvalue weighted by molar-refractivity contribution is 6.07. The SMILES string of the molecule is COc1ccc(C(=O)Nc2cc(C)cc(C)n2)c(N)c1. The maximum atomic E-state index is 12.2. The Morgan fingerprint density at radius 1 is 1.25 bits per heavy atom. The van der Waals surface area contributed by atoms with Crippen LogP contribution in [-0.2, 0) is 0 Å². The van der Waals surface area contributed by atoms with E-state index in [0.29, 0.717) is 22.8 Å². The highest BCUT2D eigenvalue weighted by Crippen LogP contribution is 2.20. The second kappa shape index (κ2) is 5.61. The fourth-order valence-electron chi connectivity index (χ4n) is 1.96. The number of carbonyl (C=O) groups is 1. The number of nitrogens with one attached hydrogen (secondary N) is 1. The minimum absolute atomic E-state index is 0.289. The molecule has 5 nitrogen and oxygen atoms in total. The van der Waals surface area contributed by atoms with Gasteiger partial charge in [-0.25, -0.2) is 4.98 Å². The zero-order valence-electron chi connectivity index (χ0n) is 11.7. The fourth-order valence-corrected chi connectivity index (χ4v) is 1.96. The average molecular weight is 271 g/mol. The predicted octanol–water partition coefficient (Wildman–Crippen LogP) is 2.54. The van der Waals surface area contributed by atoms with Crippen LogP contribution < -0.4 is 15.8 Å². The molecule has 0 aliphatic carbocycles. The van der Waals surface area contributed by atoms with E-state index in [9.17, 15) is 4.79 Å². The number of hydrogen-bond donors (Lipinski definition) is 2. The second-order valence-corrected chi connectivity index (χ2v) is 4.58. The number of amides is 1. The van der Waals surface area contributed by atoms with E-state index in [-0.39, 0.29) is 5.91 Å². The molecule has 0 spiro atoms. The standard InChI is InChI=1S/C15H17N3O2/c1-9-6-10(2)17-14(7-9)18-15(19)12-5-4-11(20-3)8-13(12)16/h4-8H,16H2,1-3H3,(H,17,18,19). The van der Waals surface area contributed by atoms with Crippen LogP contribution in [0.3, 0.4) is 0 Å². The van der Waals surface area contributed by atoms with Gasteiger partial charge >= 0.3 is 0 Å². The van der Waals surface area contributed by atoms with Crippen molar-refractivity contribution >= 4 is 17.4 Å². The molecule has 0 atom stereocenters. The third-order valence-corrected chi connectivity index (χ3v) is 2.84. The molecule has 0 aliphatic rings. The Hall–Kier alpha value is -2.56. The van der Waals surface area contributed by atoms with Crippen molar-refractivity contribution in [3.63, 3.8) is 0 Å². The first-order chi connectivity index (χ1) is 9.49. The van der Waals surface area contributed by atoms with E-state index in [1.165, 1.54) is 0 Å². The van der Waals surface area contributed by atoms with Crippen molar-refractivity contribution in [2.24, 2.45) is 0 Å². The average Bonchev–Trinajstić information content (AvgIpc) is 2.36. The summed E-state index contributed by atoms with van der Waals surface area (Å²) in [6.07, 6.45) is 0. The lowest BCUT2D eigenvalue weighted by atomic mass is 10.1. The van der Waals surface area contributed by atoms with E-state index in [1.54, 1.807) is 25.3 Å². The molecular formula is C15H17N3O2. The molecule has 0 aliphatic heterocycles. The Balaban J connectivity index is 2.23. The number of carbonyl (C=O) groups excluding carboxylic acids is 1. The van der Waals surface area contributed by atoms with Gasteiger partial charge in [-0.05, 0) is 43.7 Å². The summed E-state index contributed by atoms with van der Waals surface area (Å²) < 4.78 is 5.06. The number of methoxy groups -OCH3 is 1. The van der Waals surface area contributed by atoms with Gasteiger partial charge in [0.05, 0.1) is 12.7 Å². The second-order valence-electron chi connectivity index (χ2n) is 4.58. The van der Waals surface area contributed by atoms with Crippen molar-refractivity contribution in [1.82, 2.24) is 4.98 Å². The number of hydrogen-bond acceptors (Lipinski definition) is 4. The summed E-state index contributed by atoms with van der Waals surface area (Å²) in [5.41, 5.74) is 8.50. The molecule has 1 heterocycles. The molecule has 1 aromatic heterocycles. The third kappa shape index (κ3) is 3.06. The molecule has 0 saturated carbocycles. The van der Waals surface area contributed by atoms with Crippen LogP contribution >= 0.6 is 0 Å². The monoisotopic (exact) mass is 271 g/mol. The summed E-state index contributed by atoms with van der Waals surface area (Å²) in [7, 11) is 1.55. The zero-order chi connectivity index (χ0) is 14.7. The van der Waals surface area contributed by atoms with Gasteiger partial charge in [0.15, 0.2) is 0 Å². The lowest BCUT2D eigenvalue weighted by molar-refractivity contribution is 0.102. The van der Waals surface area contributed by atoms with Crippen LogP contribution in [-0.4, -0.2) is 18.0 Å². The summed E-state index contributed by atoms with van der Waals surface area (Å²) >= 11 is 0. The van der Waals surface area contributed by atoms with Crippen molar-refractivity contribution in [2.45, 2.75) is 13.8 Å². The lowest BCUT2D eigenvalue weighted by Gasteiger charge is -2.09. The number of ether oxygens (including phenoxy) is 1. The number of aryl methyl sites for hydroxylation is 2. The normalized spacial score (nSPS) is 10.2. The minimum atomic E-state index is -0.289. The molecule has 0 bridgehead atoms. The Labute approximate surface area is 117 Å². The van der Waals surface area contributed by atoms with Crippen LogP contribution in [0.1, 0.15) is 21.6 Å². The maximum Gasteiger partial charge on any atom is 0.258 e. The highest BCUT2D eigenvalue weighted by atomic mass is 16.5. The summed E-state index contributed by atoms with van der Waals surface area (Å²) in [6, 6.07) is 8.69. The molecule has 104 valence electrons. The number of nitrogens with two attached hydrogens (primary N) is 1. The number of rotatable bonds is 3. The summed E-state index contributed by atoms with van der Waals surface area (Å²) in [5.74, 6) is 0.842. The van der Waals surface area contributed by atoms with Gasteiger partial charge in [0.2, 0.25) is 0 Å². The van der Waals surface area contributed by atoms with Crippen molar-refractivity contribution in [2.75, 3.05) is 18.2 Å². The van der Waals surface area contributed by atoms with Crippen LogP contribution in [0.15, 0.2) is 30.3 Å². The van der Waals surface area contributed by atoms with E-state index < -0.39 is 0 Å². The molecule has 0 saturated heterocycles. The molecule has 3 N–H and O–H groups in total. The first-order valence-electron chi connectivity index (χ1n) is 6.20. The lowest BCUT2D eigenvalue weighted by Crippen LogP contribution is -2.15. The molecule has 2 aromatic rings. The maximum absolute atomic E-state index is 12.2. The van der Waals surface area contributed by atoms with E-state index in [0.717, 1.165) is 11.3 Å². The molecule has 5 heteroatoms. The Morgan fingerprint density at radius 3 is 2.60 bits per heavy atom. The van der Waals surface area contributed by atoms with Crippen LogP contribution in [0.25, 0.3) is 0 Å². The van der Waals surface area contributed by atoms with E-state index in [4.69, 9.17) is 10.5 Å². The first-order valence-corrected chi connectivity index (χ1v) is 6.20. The largest absolute Gasteiger partial charge is 0.497 e. The van der Waals surface area contributed by atoms with Crippen LogP contribution in [0.2, 0.25) is 0 Å². The van der Waals surface area contributed by atoms with Crippen LogP contribution in [0.4, 0.5) is 11.5 Å². The summed E-state index contributed by atoms with van der Waals surface area (Å²) in [6.45, 7) is 3.83. The molecule has 0 fully saturated rings. The van der Waals surface area contributed by atoms with Crippen molar-refractivity contribution in [3.05, 3.63) is 47.2 Å². The van der Waals surface area contributed by atoms with Crippen molar-refractivity contribution < 1.29 is 9.53 Å². The Kier molecular flexibility index (Phi) is 3.89. The summed E-state index contributed by atoms with van der Waals surface area (Å²) in [4.78, 5) is 16.5. The topological polar surface area (TPSA) is 77.2 Å². The number of nitrogen functional groups attached to an aromatic ring is 1. The van der Waals surface area contributed by atoms with Gasteiger partial charge < -0.3 is 15.8 Å². The first kappa shape index (κ1) is 13.9. The highest BCUT2D eigenvalue weighted by Gasteiger charge is 2.11. The van der Waals surface area contributed by atoms with Gasteiger partial charge in [-0.1, -0.05) is 0 Å². The van der Waals surface area contributed by atoms with E-state index in [1.807, 2.05) is 26.0 Å². The fraction of sp³-hybridized carbons (Fsp3) is 0.200. The van der Waals surface area contributed by atoms with E-state index in [2.05, 4.69) is 10.3 Å². The number of anilines is 2. The van der Waals surface area contributed by atoms with Gasteiger partial charge in [-0.3, -0.25) is 4.79 Å². The van der Waals surface area contributed by atoms with Crippen molar-refractivity contribution in [1.29, 1.82) is 0 Å². The van der Waals surface area contributed by atoms with Crippen LogP contribution in [0, 0.1) is 13.8 Å². The minimum Gasteiger partial charge on any atom is -0.497 e. The quantitative estimate of drug-likeness (QED) is 0.841. The summed E-state index contributed by atoms with van der Waals surface area (Å²) in [5, 5.41) is 2.75. The van der Waals surface area contributed by atoms with Crippen LogP contribution in [0.5, 0.6) is 5.75 Å². The van der Waals surface area contributed by atoms with E-state index >= 15 is 0 Å². The number of pyridine rings is 1. The number of aromatic nitrogens is 1. The zero-order valence-corrected chi connectivity index (χ0v) is 11.7. The van der Waals surface area contributed by atoms with Gasteiger partial charge in [0, 0.05) is 17.4 Å². The van der Waals surface area contributed by atoms with Crippen molar-refractivity contribution in [3.8, 4) is 5.75 Å². The third-order valence-electron chi connectivity index (χ3n) is 2.84. The van der Waals surface area contributed by atoms with Gasteiger partial charge in [0.25, 0.3) is 5.91 Å². The number of benzene rings is 1. The molecule has 1 amide bonds. The predicted molar refractivity (Wildman–Crippen MR) is 79.1 cm³/mol. The molecule has 1 aromatic carbocycles. The Morgan fingerprint density at radius 2 is 2.00 bits per heavy atom. The Bertz CT molecular complexity index is 633. The molecule has 0 unspecified atom stereocenters. The van der Waals surface area contributed by atoms with Gasteiger partial charge in [0.1, 0.15) is 11.6 Å². The van der Waals surface area contributed by atoms with Gasteiger partial charge in [-0.2, -0.15) is 0 Å². The van der Waals surface area contributed by atoms with Gasteiger partial charge in [-0.15, -0.1) is 0 Å². The molecule has 0 radical (unpaired) electrons. The smallest absolute Gasteiger partial charge is 0.258 e. The molecule has 2 rings (SSSR count). The molecular weight excluding hydrogens is 254 g/mol.